The van der Waals surface area contributed by atoms with Crippen molar-refractivity contribution in [2.45, 2.75) is 25.9 Å². The van der Waals surface area contributed by atoms with Crippen LogP contribution >= 0.6 is 0 Å². The first-order valence-electron chi connectivity index (χ1n) is 5.92. The summed E-state index contributed by atoms with van der Waals surface area (Å²) in [6, 6.07) is 0. The van der Waals surface area contributed by atoms with Gasteiger partial charge in [-0.3, -0.25) is 4.79 Å². The van der Waals surface area contributed by atoms with Gasteiger partial charge in [-0.2, -0.15) is 0 Å². The minimum absolute atomic E-state index is 0.214. The minimum atomic E-state index is 0.214. The van der Waals surface area contributed by atoms with Crippen molar-refractivity contribution in [3.63, 3.8) is 0 Å². The summed E-state index contributed by atoms with van der Waals surface area (Å²) in [5.74, 6) is 0.512. The van der Waals surface area contributed by atoms with Crippen LogP contribution in [0.1, 0.15) is 19.8 Å². The van der Waals surface area contributed by atoms with Gasteiger partial charge in [0.25, 0.3) is 0 Å². The molecule has 1 amide bonds. The molecule has 2 aliphatic rings. The fraction of sp³-hybridized carbons (Fsp3) is 0.909. The highest BCUT2D eigenvalue weighted by molar-refractivity contribution is 5.80. The molecule has 2 fully saturated rings. The highest BCUT2D eigenvalue weighted by Crippen LogP contribution is 2.15. The first-order valence-corrected chi connectivity index (χ1v) is 5.92. The molecule has 0 spiro atoms. The number of carbonyl (C=O) groups excluding carboxylic acids is 1. The first-order chi connectivity index (χ1) is 7.31. The molecular weight excluding hydrogens is 192 g/mol. The summed E-state index contributed by atoms with van der Waals surface area (Å²) in [5, 5.41) is 3.14. The van der Waals surface area contributed by atoms with E-state index in [0.717, 1.165) is 45.6 Å². The standard InChI is InChI=1S/C11H20N2O2/c1-2-13(8-10-4-3-5-15-10)11(14)9-6-12-7-9/h9-10,12H,2-8H2,1H3. The molecule has 2 saturated heterocycles. The normalized spacial score (nSPS) is 26.3. The molecule has 1 N–H and O–H groups in total. The van der Waals surface area contributed by atoms with E-state index in [-0.39, 0.29) is 12.0 Å². The molecule has 0 radical (unpaired) electrons. The number of likely N-dealkylation sites (N-methyl/N-ethyl adjacent to an activating group) is 1. The summed E-state index contributed by atoms with van der Waals surface area (Å²) >= 11 is 0. The van der Waals surface area contributed by atoms with Gasteiger partial charge in [0.15, 0.2) is 0 Å². The largest absolute Gasteiger partial charge is 0.376 e. The van der Waals surface area contributed by atoms with Crippen LogP contribution in [0.25, 0.3) is 0 Å². The molecule has 0 aliphatic carbocycles. The van der Waals surface area contributed by atoms with Gasteiger partial charge in [-0.05, 0) is 19.8 Å². The van der Waals surface area contributed by atoms with Gasteiger partial charge in [-0.25, -0.2) is 0 Å². The molecule has 1 unspecified atom stereocenters. The van der Waals surface area contributed by atoms with Crippen molar-refractivity contribution in [2.75, 3.05) is 32.8 Å². The molecule has 4 heteroatoms. The van der Waals surface area contributed by atoms with E-state index in [2.05, 4.69) is 5.32 Å². The number of ether oxygens (including phenoxy) is 1. The predicted octanol–water partition coefficient (Wildman–Crippen LogP) is 0.233. The number of amides is 1. The van der Waals surface area contributed by atoms with Crippen LogP contribution in [0.4, 0.5) is 0 Å². The van der Waals surface area contributed by atoms with Crippen molar-refractivity contribution < 1.29 is 9.53 Å². The van der Waals surface area contributed by atoms with Crippen LogP contribution in [-0.4, -0.2) is 49.7 Å². The van der Waals surface area contributed by atoms with E-state index in [9.17, 15) is 4.79 Å². The highest BCUT2D eigenvalue weighted by Gasteiger charge is 2.30. The van der Waals surface area contributed by atoms with E-state index in [1.807, 2.05) is 11.8 Å². The van der Waals surface area contributed by atoms with Crippen molar-refractivity contribution in [1.29, 1.82) is 0 Å². The molecule has 2 aliphatic heterocycles. The maximum Gasteiger partial charge on any atom is 0.228 e. The van der Waals surface area contributed by atoms with E-state index in [1.165, 1.54) is 0 Å². The Kier molecular flexibility index (Phi) is 3.59. The minimum Gasteiger partial charge on any atom is -0.376 e. The van der Waals surface area contributed by atoms with E-state index >= 15 is 0 Å². The third kappa shape index (κ3) is 2.49. The van der Waals surface area contributed by atoms with E-state index in [4.69, 9.17) is 4.74 Å². The van der Waals surface area contributed by atoms with Crippen molar-refractivity contribution in [2.24, 2.45) is 5.92 Å². The van der Waals surface area contributed by atoms with Gasteiger partial charge in [0, 0.05) is 32.8 Å². The Morgan fingerprint density at radius 3 is 2.80 bits per heavy atom. The summed E-state index contributed by atoms with van der Waals surface area (Å²) < 4.78 is 5.56. The van der Waals surface area contributed by atoms with E-state index in [0.29, 0.717) is 5.91 Å². The predicted molar refractivity (Wildman–Crippen MR) is 57.6 cm³/mol. The number of hydrogen-bond acceptors (Lipinski definition) is 3. The molecule has 0 aromatic rings. The van der Waals surface area contributed by atoms with Gasteiger partial charge in [0.2, 0.25) is 5.91 Å². The number of hydrogen-bond donors (Lipinski definition) is 1. The molecule has 0 aromatic heterocycles. The highest BCUT2D eigenvalue weighted by atomic mass is 16.5. The monoisotopic (exact) mass is 212 g/mol. The van der Waals surface area contributed by atoms with Crippen LogP contribution in [0.15, 0.2) is 0 Å². The zero-order chi connectivity index (χ0) is 10.7. The first kappa shape index (κ1) is 10.9. The molecule has 2 heterocycles. The molecule has 1 atom stereocenters. The Balaban J connectivity index is 1.82. The molecule has 2 rings (SSSR count). The number of rotatable bonds is 4. The topological polar surface area (TPSA) is 41.6 Å². The lowest BCUT2D eigenvalue weighted by atomic mass is 10.0. The van der Waals surface area contributed by atoms with Crippen LogP contribution in [0.3, 0.4) is 0 Å². The third-order valence-electron chi connectivity index (χ3n) is 3.27. The summed E-state index contributed by atoms with van der Waals surface area (Å²) in [6.45, 7) is 6.18. The molecule has 86 valence electrons. The number of carbonyl (C=O) groups is 1. The molecule has 4 nitrogen and oxygen atoms in total. The van der Waals surface area contributed by atoms with Gasteiger partial charge in [-0.15, -0.1) is 0 Å². The molecule has 0 bridgehead atoms. The third-order valence-corrected chi connectivity index (χ3v) is 3.27. The summed E-state index contributed by atoms with van der Waals surface area (Å²) in [6.07, 6.45) is 2.52. The summed E-state index contributed by atoms with van der Waals surface area (Å²) in [4.78, 5) is 13.9. The fourth-order valence-electron chi connectivity index (χ4n) is 2.13. The van der Waals surface area contributed by atoms with Crippen LogP contribution in [-0.2, 0) is 9.53 Å². The zero-order valence-corrected chi connectivity index (χ0v) is 9.37. The Hall–Kier alpha value is -0.610. The van der Waals surface area contributed by atoms with E-state index in [1.54, 1.807) is 0 Å². The second-order valence-corrected chi connectivity index (χ2v) is 4.37. The van der Waals surface area contributed by atoms with E-state index < -0.39 is 0 Å². The van der Waals surface area contributed by atoms with Crippen LogP contribution in [0, 0.1) is 5.92 Å². The van der Waals surface area contributed by atoms with Crippen LogP contribution in [0.2, 0.25) is 0 Å². The molecular formula is C11H20N2O2. The van der Waals surface area contributed by atoms with Crippen LogP contribution in [0.5, 0.6) is 0 Å². The Bertz CT molecular complexity index is 223. The van der Waals surface area contributed by atoms with Crippen molar-refractivity contribution in [1.82, 2.24) is 10.2 Å². The van der Waals surface area contributed by atoms with Gasteiger partial charge < -0.3 is 15.0 Å². The SMILES string of the molecule is CCN(CC1CCCO1)C(=O)C1CNC1. The average molecular weight is 212 g/mol. The second kappa shape index (κ2) is 4.94. The molecule has 0 saturated carbocycles. The lowest BCUT2D eigenvalue weighted by molar-refractivity contribution is -0.138. The quantitative estimate of drug-likeness (QED) is 0.725. The van der Waals surface area contributed by atoms with Crippen molar-refractivity contribution in [3.8, 4) is 0 Å². The lowest BCUT2D eigenvalue weighted by Crippen LogP contribution is -2.53. The van der Waals surface area contributed by atoms with Crippen molar-refractivity contribution >= 4 is 5.91 Å². The van der Waals surface area contributed by atoms with Gasteiger partial charge in [0.05, 0.1) is 12.0 Å². The molecule has 15 heavy (non-hydrogen) atoms. The lowest BCUT2D eigenvalue weighted by Gasteiger charge is -2.33. The Morgan fingerprint density at radius 2 is 2.33 bits per heavy atom. The second-order valence-electron chi connectivity index (χ2n) is 4.37. The number of nitrogens with one attached hydrogen (secondary N) is 1. The Morgan fingerprint density at radius 1 is 1.53 bits per heavy atom. The number of nitrogens with zero attached hydrogens (tertiary/aromatic N) is 1. The van der Waals surface area contributed by atoms with Gasteiger partial charge in [0.1, 0.15) is 0 Å². The van der Waals surface area contributed by atoms with Gasteiger partial charge in [-0.1, -0.05) is 0 Å². The van der Waals surface area contributed by atoms with Crippen molar-refractivity contribution in [3.05, 3.63) is 0 Å². The Labute approximate surface area is 91.0 Å². The fourth-order valence-corrected chi connectivity index (χ4v) is 2.13. The summed E-state index contributed by atoms with van der Waals surface area (Å²) in [5.41, 5.74) is 0. The van der Waals surface area contributed by atoms with Gasteiger partial charge >= 0.3 is 0 Å². The average Bonchev–Trinajstić information content (AvgIpc) is 2.63. The maximum atomic E-state index is 12.0. The zero-order valence-electron chi connectivity index (χ0n) is 9.37. The smallest absolute Gasteiger partial charge is 0.228 e. The maximum absolute atomic E-state index is 12.0. The summed E-state index contributed by atoms with van der Waals surface area (Å²) in [7, 11) is 0. The van der Waals surface area contributed by atoms with Crippen LogP contribution < -0.4 is 5.32 Å². The molecule has 0 aromatic carbocycles.